The monoisotopic (exact) mass is 363 g/mol. The average Bonchev–Trinajstić information content (AvgIpc) is 2.56. The van der Waals surface area contributed by atoms with Crippen LogP contribution in [0.2, 0.25) is 0 Å². The Labute approximate surface area is 155 Å². The number of rotatable bonds is 10. The van der Waals surface area contributed by atoms with E-state index in [9.17, 15) is 14.4 Å². The number of esters is 1. The fourth-order valence-corrected chi connectivity index (χ4v) is 2.31. The van der Waals surface area contributed by atoms with E-state index in [1.807, 2.05) is 30.3 Å². The van der Waals surface area contributed by atoms with Crippen molar-refractivity contribution in [1.29, 1.82) is 0 Å². The predicted octanol–water partition coefficient (Wildman–Crippen LogP) is 3.77. The van der Waals surface area contributed by atoms with E-state index >= 15 is 0 Å². The number of carbonyl (C=O) groups excluding carboxylic acids is 3. The number of amides is 1. The molecule has 1 rings (SSSR count). The minimum atomic E-state index is -0.585. The molecule has 0 aliphatic heterocycles. The van der Waals surface area contributed by atoms with Crippen molar-refractivity contribution in [2.24, 2.45) is 0 Å². The molecule has 0 saturated heterocycles. The van der Waals surface area contributed by atoms with Gasteiger partial charge in [0.15, 0.2) is 0 Å². The van der Waals surface area contributed by atoms with Crippen molar-refractivity contribution in [1.82, 2.24) is 5.32 Å². The highest BCUT2D eigenvalue weighted by Crippen LogP contribution is 2.11. The number of nitrogens with one attached hydrogen (secondary N) is 1. The fourth-order valence-electron chi connectivity index (χ4n) is 2.31. The highest BCUT2D eigenvalue weighted by Gasteiger charge is 2.19. The van der Waals surface area contributed by atoms with E-state index in [0.29, 0.717) is 25.7 Å². The lowest BCUT2D eigenvalue weighted by Gasteiger charge is -2.22. The number of unbranched alkanes of at least 4 members (excludes halogenated alkanes) is 1. The molecular formula is C20H29NO5. The fraction of sp³-hybridized carbons (Fsp3) is 0.550. The Morgan fingerprint density at radius 2 is 1.85 bits per heavy atom. The van der Waals surface area contributed by atoms with Crippen molar-refractivity contribution in [2.45, 2.75) is 71.1 Å². The number of hydrogen-bond donors (Lipinski definition) is 1. The molecule has 0 radical (unpaired) electrons. The summed E-state index contributed by atoms with van der Waals surface area (Å²) in [5, 5.41) is 2.70. The highest BCUT2D eigenvalue weighted by atomic mass is 16.6. The summed E-state index contributed by atoms with van der Waals surface area (Å²) in [6, 6.07) is 9.22. The van der Waals surface area contributed by atoms with Crippen LogP contribution < -0.4 is 5.32 Å². The Hall–Kier alpha value is -2.37. The molecule has 1 atom stereocenters. The lowest BCUT2D eigenvalue weighted by molar-refractivity contribution is -0.145. The van der Waals surface area contributed by atoms with Crippen molar-refractivity contribution in [3.63, 3.8) is 0 Å². The van der Waals surface area contributed by atoms with Gasteiger partial charge in [0, 0.05) is 18.9 Å². The number of benzene rings is 1. The maximum atomic E-state index is 11.8. The van der Waals surface area contributed by atoms with Crippen LogP contribution in [0, 0.1) is 0 Å². The van der Waals surface area contributed by atoms with E-state index in [2.05, 4.69) is 5.32 Å². The Kier molecular flexibility index (Phi) is 9.41. The van der Waals surface area contributed by atoms with Gasteiger partial charge in [-0.25, -0.2) is 4.79 Å². The normalized spacial score (nSPS) is 12.1. The smallest absolute Gasteiger partial charge is 0.407 e. The van der Waals surface area contributed by atoms with Gasteiger partial charge >= 0.3 is 12.1 Å². The molecule has 0 aromatic heterocycles. The van der Waals surface area contributed by atoms with Crippen molar-refractivity contribution >= 4 is 18.3 Å². The summed E-state index contributed by atoms with van der Waals surface area (Å²) in [6.45, 7) is 5.61. The number of alkyl carbamates (subject to hydrolysis) is 1. The van der Waals surface area contributed by atoms with Gasteiger partial charge in [0.05, 0.1) is 0 Å². The third-order valence-corrected chi connectivity index (χ3v) is 3.53. The minimum absolute atomic E-state index is 0.220. The summed E-state index contributed by atoms with van der Waals surface area (Å²) >= 11 is 0. The largest absolute Gasteiger partial charge is 0.461 e. The lowest BCUT2D eigenvalue weighted by Crippen LogP contribution is -2.39. The zero-order chi connectivity index (χ0) is 19.4. The topological polar surface area (TPSA) is 81.7 Å². The molecule has 6 heteroatoms. The summed E-state index contributed by atoms with van der Waals surface area (Å²) in [5.74, 6) is -0.249. The first-order chi connectivity index (χ1) is 12.3. The molecule has 0 heterocycles. The van der Waals surface area contributed by atoms with Crippen molar-refractivity contribution in [2.75, 3.05) is 0 Å². The predicted molar refractivity (Wildman–Crippen MR) is 98.5 cm³/mol. The van der Waals surface area contributed by atoms with Crippen LogP contribution in [0.4, 0.5) is 4.79 Å². The van der Waals surface area contributed by atoms with Crippen LogP contribution in [0.5, 0.6) is 0 Å². The van der Waals surface area contributed by atoms with E-state index in [-0.39, 0.29) is 25.0 Å². The first kappa shape index (κ1) is 21.7. The van der Waals surface area contributed by atoms with Crippen LogP contribution in [0.1, 0.15) is 58.4 Å². The van der Waals surface area contributed by atoms with Crippen LogP contribution >= 0.6 is 0 Å². The average molecular weight is 363 g/mol. The molecule has 6 nitrogen and oxygen atoms in total. The molecule has 0 saturated carbocycles. The van der Waals surface area contributed by atoms with Gasteiger partial charge in [-0.15, -0.1) is 0 Å². The van der Waals surface area contributed by atoms with E-state index in [1.54, 1.807) is 20.8 Å². The number of aldehydes is 1. The van der Waals surface area contributed by atoms with Gasteiger partial charge in [0.25, 0.3) is 0 Å². The molecular weight excluding hydrogens is 334 g/mol. The summed E-state index contributed by atoms with van der Waals surface area (Å²) in [6.07, 6.45) is 2.71. The quantitative estimate of drug-likeness (QED) is 0.389. The molecule has 1 aromatic carbocycles. The van der Waals surface area contributed by atoms with Gasteiger partial charge in [-0.1, -0.05) is 36.8 Å². The van der Waals surface area contributed by atoms with E-state index in [1.165, 1.54) is 0 Å². The maximum absolute atomic E-state index is 11.8. The third kappa shape index (κ3) is 10.5. The molecule has 144 valence electrons. The molecule has 0 aliphatic rings. The van der Waals surface area contributed by atoms with Gasteiger partial charge in [-0.3, -0.25) is 4.79 Å². The summed E-state index contributed by atoms with van der Waals surface area (Å²) in [7, 11) is 0. The molecule has 0 unspecified atom stereocenters. The molecule has 26 heavy (non-hydrogen) atoms. The van der Waals surface area contributed by atoms with Crippen molar-refractivity contribution < 1.29 is 23.9 Å². The zero-order valence-electron chi connectivity index (χ0n) is 15.8. The first-order valence-corrected chi connectivity index (χ1v) is 8.93. The van der Waals surface area contributed by atoms with E-state index in [0.717, 1.165) is 11.8 Å². The van der Waals surface area contributed by atoms with E-state index in [4.69, 9.17) is 9.47 Å². The number of ether oxygens (including phenoxy) is 2. The van der Waals surface area contributed by atoms with E-state index < -0.39 is 11.7 Å². The summed E-state index contributed by atoms with van der Waals surface area (Å²) in [4.78, 5) is 34.3. The van der Waals surface area contributed by atoms with Crippen molar-refractivity contribution in [3.05, 3.63) is 35.9 Å². The number of hydrogen-bond acceptors (Lipinski definition) is 5. The molecule has 0 spiro atoms. The summed E-state index contributed by atoms with van der Waals surface area (Å²) < 4.78 is 10.4. The molecule has 1 N–H and O–H groups in total. The zero-order valence-corrected chi connectivity index (χ0v) is 15.8. The summed E-state index contributed by atoms with van der Waals surface area (Å²) in [5.41, 5.74) is 0.367. The second-order valence-electron chi connectivity index (χ2n) is 7.14. The standard InChI is InChI=1S/C20H29NO5/c1-20(2,3)26-19(24)21-17(13-14-22)11-7-8-12-18(23)25-15-16-9-5-4-6-10-16/h4-6,9-10,14,17H,7-8,11-13,15H2,1-3H3,(H,21,24)/t17-/m0/s1. The Bertz CT molecular complexity index is 565. The molecule has 1 amide bonds. The second-order valence-corrected chi connectivity index (χ2v) is 7.14. The van der Waals surface area contributed by atoms with Crippen molar-refractivity contribution in [3.8, 4) is 0 Å². The lowest BCUT2D eigenvalue weighted by atomic mass is 10.1. The van der Waals surface area contributed by atoms with Gasteiger partial charge in [-0.2, -0.15) is 0 Å². The van der Waals surface area contributed by atoms with Crippen LogP contribution in [0.25, 0.3) is 0 Å². The number of carbonyl (C=O) groups is 3. The Balaban J connectivity index is 2.24. The highest BCUT2D eigenvalue weighted by molar-refractivity contribution is 5.69. The second kappa shape index (κ2) is 11.3. The third-order valence-electron chi connectivity index (χ3n) is 3.53. The molecule has 0 bridgehead atoms. The van der Waals surface area contributed by atoms with Crippen LogP contribution in [-0.4, -0.2) is 30.0 Å². The van der Waals surface area contributed by atoms with Crippen LogP contribution in [0.3, 0.4) is 0 Å². The Morgan fingerprint density at radius 3 is 2.46 bits per heavy atom. The molecule has 0 fully saturated rings. The van der Waals surface area contributed by atoms with Crippen LogP contribution in [-0.2, 0) is 25.7 Å². The molecule has 0 aliphatic carbocycles. The van der Waals surface area contributed by atoms with Gasteiger partial charge in [0.1, 0.15) is 18.5 Å². The van der Waals surface area contributed by atoms with Gasteiger partial charge < -0.3 is 19.6 Å². The van der Waals surface area contributed by atoms with Gasteiger partial charge in [-0.05, 0) is 39.2 Å². The van der Waals surface area contributed by atoms with Gasteiger partial charge in [0.2, 0.25) is 0 Å². The first-order valence-electron chi connectivity index (χ1n) is 8.93. The molecule has 1 aromatic rings. The van der Waals surface area contributed by atoms with Crippen LogP contribution in [0.15, 0.2) is 30.3 Å². The Morgan fingerprint density at radius 1 is 1.15 bits per heavy atom. The SMILES string of the molecule is CC(C)(C)OC(=O)N[C@H](CC=O)CCCCC(=O)OCc1ccccc1. The minimum Gasteiger partial charge on any atom is -0.461 e. The maximum Gasteiger partial charge on any atom is 0.407 e.